The van der Waals surface area contributed by atoms with E-state index in [1.54, 1.807) is 29.2 Å². The minimum absolute atomic E-state index is 0.211. The third-order valence-corrected chi connectivity index (χ3v) is 6.14. The van der Waals surface area contributed by atoms with Crippen LogP contribution >= 0.6 is 22.9 Å². The van der Waals surface area contributed by atoms with Gasteiger partial charge in [0.1, 0.15) is 12.3 Å². The molecule has 9 nitrogen and oxygen atoms in total. The predicted molar refractivity (Wildman–Crippen MR) is 132 cm³/mol. The van der Waals surface area contributed by atoms with E-state index >= 15 is 0 Å². The molecule has 0 saturated carbocycles. The number of carbonyl (C=O) groups excluding carboxylic acids is 1. The fraction of sp³-hybridized carbons (Fsp3) is 0.217. The first kappa shape index (κ1) is 23.7. The second-order valence-electron chi connectivity index (χ2n) is 7.69. The van der Waals surface area contributed by atoms with Crippen LogP contribution < -0.4 is 15.6 Å². The summed E-state index contributed by atoms with van der Waals surface area (Å²) in [7, 11) is 3.89. The summed E-state index contributed by atoms with van der Waals surface area (Å²) in [5, 5.41) is 11.1. The Morgan fingerprint density at radius 1 is 1.21 bits per heavy atom. The van der Waals surface area contributed by atoms with Crippen molar-refractivity contribution in [1.82, 2.24) is 30.2 Å². The number of hydrogen-bond acceptors (Lipinski definition) is 7. The Balaban J connectivity index is 1.44. The summed E-state index contributed by atoms with van der Waals surface area (Å²) in [6.07, 6.45) is 3.35. The van der Waals surface area contributed by atoms with Crippen molar-refractivity contribution in [1.29, 1.82) is 0 Å². The molecule has 0 aliphatic heterocycles. The summed E-state index contributed by atoms with van der Waals surface area (Å²) in [6, 6.07) is 12.7. The Bertz CT molecular complexity index is 1330. The second-order valence-corrected chi connectivity index (χ2v) is 9.40. The van der Waals surface area contributed by atoms with Gasteiger partial charge in [0.2, 0.25) is 0 Å². The number of aromatic amines is 1. The average Bonchev–Trinajstić information content (AvgIpc) is 3.48. The van der Waals surface area contributed by atoms with E-state index in [1.807, 2.05) is 49.3 Å². The van der Waals surface area contributed by atoms with Crippen LogP contribution in [0, 0.1) is 0 Å². The van der Waals surface area contributed by atoms with Crippen LogP contribution in [0.1, 0.15) is 15.4 Å². The van der Waals surface area contributed by atoms with Gasteiger partial charge in [-0.05, 0) is 50.0 Å². The van der Waals surface area contributed by atoms with Crippen LogP contribution in [0.15, 0.2) is 59.7 Å². The van der Waals surface area contributed by atoms with E-state index in [-0.39, 0.29) is 18.0 Å². The van der Waals surface area contributed by atoms with Gasteiger partial charge in [-0.2, -0.15) is 0 Å². The lowest BCUT2D eigenvalue weighted by Gasteiger charge is -2.13. The van der Waals surface area contributed by atoms with Crippen LogP contribution in [0.25, 0.3) is 16.8 Å². The number of pyridine rings is 1. The number of hydrogen-bond donors (Lipinski definition) is 2. The minimum Gasteiger partial charge on any atom is -0.486 e. The Morgan fingerprint density at radius 2 is 2.00 bits per heavy atom. The van der Waals surface area contributed by atoms with Crippen molar-refractivity contribution < 1.29 is 9.53 Å². The van der Waals surface area contributed by atoms with Gasteiger partial charge in [0.15, 0.2) is 5.75 Å². The van der Waals surface area contributed by atoms with Crippen molar-refractivity contribution in [3.8, 4) is 22.6 Å². The highest BCUT2D eigenvalue weighted by molar-refractivity contribution is 7.17. The number of likely N-dealkylation sites (N-methyl/N-ethyl adjacent to an activating group) is 1. The molecule has 4 aromatic rings. The SMILES string of the molecule is CN(C)CCOc1c(-c2ccc(-n3cc(CNC(=O)c4ccc(Cl)s4)nn3)cc2)cc[nH]c1=O. The number of aromatic nitrogens is 4. The fourth-order valence-electron chi connectivity index (χ4n) is 3.16. The lowest BCUT2D eigenvalue weighted by Crippen LogP contribution is -2.22. The molecule has 3 heterocycles. The maximum Gasteiger partial charge on any atom is 0.290 e. The molecule has 0 aliphatic carbocycles. The summed E-state index contributed by atoms with van der Waals surface area (Å²) in [5.41, 5.74) is 2.69. The van der Waals surface area contributed by atoms with Crippen molar-refractivity contribution in [2.75, 3.05) is 27.2 Å². The van der Waals surface area contributed by atoms with Gasteiger partial charge in [0, 0.05) is 18.3 Å². The smallest absolute Gasteiger partial charge is 0.290 e. The van der Waals surface area contributed by atoms with Crippen molar-refractivity contribution in [2.24, 2.45) is 0 Å². The molecule has 0 unspecified atom stereocenters. The largest absolute Gasteiger partial charge is 0.486 e. The molecule has 0 radical (unpaired) electrons. The molecule has 0 aliphatic rings. The molecule has 0 spiro atoms. The molecule has 0 saturated heterocycles. The number of amides is 1. The summed E-state index contributed by atoms with van der Waals surface area (Å²) >= 11 is 7.10. The minimum atomic E-state index is -0.270. The van der Waals surface area contributed by atoms with Gasteiger partial charge in [0.05, 0.1) is 27.6 Å². The molecule has 11 heteroatoms. The zero-order valence-corrected chi connectivity index (χ0v) is 20.2. The van der Waals surface area contributed by atoms with Crippen molar-refractivity contribution in [3.05, 3.63) is 80.1 Å². The molecule has 3 aromatic heterocycles. The molecule has 2 N–H and O–H groups in total. The highest BCUT2D eigenvalue weighted by Gasteiger charge is 2.13. The Morgan fingerprint density at radius 3 is 2.71 bits per heavy atom. The Hall–Kier alpha value is -3.47. The Labute approximate surface area is 204 Å². The number of nitrogens with one attached hydrogen (secondary N) is 2. The molecule has 176 valence electrons. The normalized spacial score (nSPS) is 11.1. The van der Waals surface area contributed by atoms with E-state index in [9.17, 15) is 9.59 Å². The molecule has 4 rings (SSSR count). The number of ether oxygens (including phenoxy) is 1. The van der Waals surface area contributed by atoms with Crippen LogP contribution in [0.4, 0.5) is 0 Å². The number of carbonyl (C=O) groups is 1. The molecular formula is C23H23ClN6O3S. The zero-order valence-electron chi connectivity index (χ0n) is 18.6. The highest BCUT2D eigenvalue weighted by atomic mass is 35.5. The van der Waals surface area contributed by atoms with Crippen LogP contribution in [0.2, 0.25) is 4.34 Å². The number of H-pyrrole nitrogens is 1. The summed E-state index contributed by atoms with van der Waals surface area (Å²) in [5.74, 6) is 0.0835. The van der Waals surface area contributed by atoms with Crippen LogP contribution in [-0.4, -0.2) is 58.0 Å². The number of rotatable bonds is 9. The molecule has 34 heavy (non-hydrogen) atoms. The van der Waals surface area contributed by atoms with Crippen LogP contribution in [0.5, 0.6) is 5.75 Å². The van der Waals surface area contributed by atoms with Gasteiger partial charge in [-0.15, -0.1) is 16.4 Å². The first-order chi connectivity index (χ1) is 16.4. The van der Waals surface area contributed by atoms with Gasteiger partial charge >= 0.3 is 0 Å². The summed E-state index contributed by atoms with van der Waals surface area (Å²) in [6.45, 7) is 1.35. The molecule has 0 fully saturated rings. The van der Waals surface area contributed by atoms with Crippen molar-refractivity contribution in [3.63, 3.8) is 0 Å². The first-order valence-corrected chi connectivity index (χ1v) is 11.6. The van der Waals surface area contributed by atoms with Gasteiger partial charge in [0.25, 0.3) is 11.5 Å². The van der Waals surface area contributed by atoms with Crippen LogP contribution in [-0.2, 0) is 6.54 Å². The number of benzene rings is 1. The van der Waals surface area contributed by atoms with E-state index < -0.39 is 0 Å². The standard InChI is InChI=1S/C23H23ClN6O3S/c1-29(2)11-12-33-21-18(9-10-25-23(21)32)15-3-5-17(6-4-15)30-14-16(27-28-30)13-26-22(31)19-7-8-20(24)34-19/h3-10,14H,11-13H2,1-2H3,(H,25,32)(H,26,31). The number of thiophene rings is 1. The highest BCUT2D eigenvalue weighted by Crippen LogP contribution is 2.27. The van der Waals surface area contributed by atoms with Gasteiger partial charge in [-0.25, -0.2) is 4.68 Å². The van der Waals surface area contributed by atoms with E-state index in [0.717, 1.165) is 11.3 Å². The second kappa shape index (κ2) is 10.6. The quantitative estimate of drug-likeness (QED) is 0.367. The van der Waals surface area contributed by atoms with E-state index in [1.165, 1.54) is 11.3 Å². The van der Waals surface area contributed by atoms with Crippen molar-refractivity contribution in [2.45, 2.75) is 6.54 Å². The van der Waals surface area contributed by atoms with Crippen LogP contribution in [0.3, 0.4) is 0 Å². The van der Waals surface area contributed by atoms with E-state index in [4.69, 9.17) is 16.3 Å². The zero-order chi connectivity index (χ0) is 24.1. The summed E-state index contributed by atoms with van der Waals surface area (Å²) in [4.78, 5) is 29.7. The van der Waals surface area contributed by atoms with Gasteiger partial charge in [-0.3, -0.25) is 9.59 Å². The first-order valence-electron chi connectivity index (χ1n) is 10.5. The van der Waals surface area contributed by atoms with E-state index in [0.29, 0.717) is 39.4 Å². The topological polar surface area (TPSA) is 105 Å². The van der Waals surface area contributed by atoms with E-state index in [2.05, 4.69) is 20.6 Å². The third kappa shape index (κ3) is 5.71. The maximum atomic E-state index is 12.3. The monoisotopic (exact) mass is 498 g/mol. The third-order valence-electron chi connectivity index (χ3n) is 4.91. The molecule has 0 atom stereocenters. The number of halogens is 1. The molecular weight excluding hydrogens is 476 g/mol. The fourth-order valence-corrected chi connectivity index (χ4v) is 4.12. The maximum absolute atomic E-state index is 12.3. The lowest BCUT2D eigenvalue weighted by molar-refractivity contribution is 0.0954. The van der Waals surface area contributed by atoms with Gasteiger partial charge in [-0.1, -0.05) is 28.9 Å². The van der Waals surface area contributed by atoms with Crippen molar-refractivity contribution >= 4 is 28.8 Å². The molecule has 1 aromatic carbocycles. The average molecular weight is 499 g/mol. The Kier molecular flexibility index (Phi) is 7.41. The molecule has 1 amide bonds. The molecule has 0 bridgehead atoms. The lowest BCUT2D eigenvalue weighted by atomic mass is 10.1. The summed E-state index contributed by atoms with van der Waals surface area (Å²) < 4.78 is 7.96. The predicted octanol–water partition coefficient (Wildman–Crippen LogP) is 3.21. The number of nitrogens with zero attached hydrogens (tertiary/aromatic N) is 4. The van der Waals surface area contributed by atoms with Gasteiger partial charge < -0.3 is 19.9 Å².